The van der Waals surface area contributed by atoms with Crippen LogP contribution in [-0.4, -0.2) is 14.8 Å². The molecule has 0 amide bonds. The molecule has 0 atom stereocenters. The van der Waals surface area contributed by atoms with Gasteiger partial charge < -0.3 is 0 Å². The molecule has 0 spiro atoms. The molecule has 2 aromatic heterocycles. The zero-order valence-electron chi connectivity index (χ0n) is 11.2. The van der Waals surface area contributed by atoms with Gasteiger partial charge in [-0.2, -0.15) is 5.10 Å². The number of hydrogen-bond acceptors (Lipinski definition) is 3. The summed E-state index contributed by atoms with van der Waals surface area (Å²) < 4.78 is 1.45. The fourth-order valence-corrected chi connectivity index (χ4v) is 2.11. The monoisotopic (exact) mass is 277 g/mol. The van der Waals surface area contributed by atoms with Crippen LogP contribution in [0.25, 0.3) is 5.82 Å². The van der Waals surface area contributed by atoms with Gasteiger partial charge in [0.05, 0.1) is 10.7 Å². The Labute approximate surface area is 117 Å². The quantitative estimate of drug-likeness (QED) is 0.867. The van der Waals surface area contributed by atoms with Crippen molar-refractivity contribution in [1.29, 1.82) is 0 Å². The number of aromatic nitrogens is 3. The van der Waals surface area contributed by atoms with E-state index in [1.165, 1.54) is 4.57 Å². The van der Waals surface area contributed by atoms with Crippen LogP contribution in [0.1, 0.15) is 25.1 Å². The molecule has 2 heterocycles. The van der Waals surface area contributed by atoms with Gasteiger partial charge >= 0.3 is 0 Å². The molecule has 0 aliphatic rings. The Morgan fingerprint density at radius 1 is 1.32 bits per heavy atom. The van der Waals surface area contributed by atoms with Crippen molar-refractivity contribution in [3.63, 3.8) is 0 Å². The minimum Gasteiger partial charge on any atom is -0.269 e. The summed E-state index contributed by atoms with van der Waals surface area (Å²) in [5.41, 5.74) is 1.42. The van der Waals surface area contributed by atoms with Crippen molar-refractivity contribution in [3.8, 4) is 5.82 Å². The molecule has 0 fully saturated rings. The highest BCUT2D eigenvalue weighted by molar-refractivity contribution is 6.30. The van der Waals surface area contributed by atoms with E-state index in [2.05, 4.69) is 24.0 Å². The van der Waals surface area contributed by atoms with E-state index in [-0.39, 0.29) is 5.56 Å². The Morgan fingerprint density at radius 3 is 2.63 bits per heavy atom. The highest BCUT2D eigenvalue weighted by atomic mass is 35.5. The predicted octanol–water partition coefficient (Wildman–Crippen LogP) is 2.79. The van der Waals surface area contributed by atoms with Crippen molar-refractivity contribution in [3.05, 3.63) is 51.0 Å². The number of rotatable bonds is 3. The van der Waals surface area contributed by atoms with E-state index in [0.29, 0.717) is 28.7 Å². The van der Waals surface area contributed by atoms with E-state index < -0.39 is 0 Å². The molecule has 0 bridgehead atoms. The van der Waals surface area contributed by atoms with Crippen LogP contribution < -0.4 is 5.56 Å². The molecule has 0 aromatic carbocycles. The van der Waals surface area contributed by atoms with Gasteiger partial charge in [0.15, 0.2) is 5.82 Å². The summed E-state index contributed by atoms with van der Waals surface area (Å²) in [6.07, 6.45) is 2.27. The van der Waals surface area contributed by atoms with Gasteiger partial charge in [-0.25, -0.2) is 0 Å². The number of nitrogens with zero attached hydrogens (tertiary/aromatic N) is 3. The molecule has 2 aromatic rings. The fraction of sp³-hybridized carbons (Fsp3) is 0.357. The number of aryl methyl sites for hydroxylation is 1. The van der Waals surface area contributed by atoms with E-state index in [0.717, 1.165) is 5.69 Å². The van der Waals surface area contributed by atoms with Crippen LogP contribution >= 0.6 is 11.6 Å². The van der Waals surface area contributed by atoms with Gasteiger partial charge in [-0.05, 0) is 37.5 Å². The third-order valence-electron chi connectivity index (χ3n) is 2.72. The first kappa shape index (κ1) is 13.7. The lowest BCUT2D eigenvalue weighted by atomic mass is 10.0. The summed E-state index contributed by atoms with van der Waals surface area (Å²) in [4.78, 5) is 12.4. The standard InChI is InChI=1S/C14H16ClN3O/c1-9(2)6-11-7-12(15)8-18(14(11)19)13-5-4-10(3)16-17-13/h4-5,7-9H,6H2,1-3H3. The van der Waals surface area contributed by atoms with Crippen LogP contribution in [0.15, 0.2) is 29.2 Å². The Bertz CT molecular complexity index is 632. The van der Waals surface area contributed by atoms with Crippen molar-refractivity contribution >= 4 is 11.6 Å². The van der Waals surface area contributed by atoms with Crippen molar-refractivity contribution in [2.45, 2.75) is 27.2 Å². The summed E-state index contributed by atoms with van der Waals surface area (Å²) in [5, 5.41) is 8.51. The minimum absolute atomic E-state index is 0.0868. The van der Waals surface area contributed by atoms with Gasteiger partial charge in [-0.1, -0.05) is 25.4 Å². The molecular weight excluding hydrogens is 262 g/mol. The normalized spacial score (nSPS) is 11.0. The third kappa shape index (κ3) is 3.20. The number of pyridine rings is 1. The van der Waals surface area contributed by atoms with Crippen LogP contribution in [-0.2, 0) is 6.42 Å². The first-order valence-corrected chi connectivity index (χ1v) is 6.57. The maximum Gasteiger partial charge on any atom is 0.259 e. The van der Waals surface area contributed by atoms with Crippen molar-refractivity contribution in [2.75, 3.05) is 0 Å². The molecule has 0 unspecified atom stereocenters. The summed E-state index contributed by atoms with van der Waals surface area (Å²) >= 11 is 6.08. The van der Waals surface area contributed by atoms with Crippen LogP contribution in [0.2, 0.25) is 5.02 Å². The minimum atomic E-state index is -0.0868. The zero-order valence-corrected chi connectivity index (χ0v) is 12.0. The Kier molecular flexibility index (Phi) is 4.00. The van der Waals surface area contributed by atoms with Gasteiger partial charge in [0.1, 0.15) is 0 Å². The van der Waals surface area contributed by atoms with E-state index in [1.54, 1.807) is 18.3 Å². The zero-order chi connectivity index (χ0) is 14.0. The first-order valence-electron chi connectivity index (χ1n) is 6.19. The van der Waals surface area contributed by atoms with E-state index in [4.69, 9.17) is 11.6 Å². The molecule has 0 saturated carbocycles. The largest absolute Gasteiger partial charge is 0.269 e. The molecule has 0 radical (unpaired) electrons. The van der Waals surface area contributed by atoms with Crippen molar-refractivity contribution in [2.24, 2.45) is 5.92 Å². The smallest absolute Gasteiger partial charge is 0.259 e. The van der Waals surface area contributed by atoms with E-state index in [9.17, 15) is 4.79 Å². The lowest BCUT2D eigenvalue weighted by Gasteiger charge is -2.09. The Morgan fingerprint density at radius 2 is 2.05 bits per heavy atom. The molecule has 2 rings (SSSR count). The number of hydrogen-bond donors (Lipinski definition) is 0. The molecule has 4 nitrogen and oxygen atoms in total. The first-order chi connectivity index (χ1) is 8.97. The predicted molar refractivity (Wildman–Crippen MR) is 75.9 cm³/mol. The van der Waals surface area contributed by atoms with Crippen molar-refractivity contribution in [1.82, 2.24) is 14.8 Å². The maximum atomic E-state index is 12.4. The number of halogens is 1. The lowest BCUT2D eigenvalue weighted by molar-refractivity contribution is 0.638. The molecule has 5 heteroatoms. The molecule has 19 heavy (non-hydrogen) atoms. The molecule has 0 N–H and O–H groups in total. The van der Waals surface area contributed by atoms with E-state index in [1.807, 2.05) is 13.0 Å². The third-order valence-corrected chi connectivity index (χ3v) is 2.92. The highest BCUT2D eigenvalue weighted by Crippen LogP contribution is 2.13. The van der Waals surface area contributed by atoms with Crippen molar-refractivity contribution < 1.29 is 0 Å². The average molecular weight is 278 g/mol. The van der Waals surface area contributed by atoms with Crippen LogP contribution in [0.5, 0.6) is 0 Å². The second-order valence-electron chi connectivity index (χ2n) is 4.99. The summed E-state index contributed by atoms with van der Waals surface area (Å²) in [5.74, 6) is 0.881. The summed E-state index contributed by atoms with van der Waals surface area (Å²) in [6.45, 7) is 5.98. The summed E-state index contributed by atoms with van der Waals surface area (Å²) in [6, 6.07) is 5.30. The second kappa shape index (κ2) is 5.53. The van der Waals surface area contributed by atoms with Gasteiger partial charge in [0.25, 0.3) is 5.56 Å². The highest BCUT2D eigenvalue weighted by Gasteiger charge is 2.10. The van der Waals surface area contributed by atoms with Gasteiger partial charge in [-0.15, -0.1) is 5.10 Å². The SMILES string of the molecule is Cc1ccc(-n2cc(Cl)cc(CC(C)C)c2=O)nn1. The molecule has 0 saturated heterocycles. The Hall–Kier alpha value is -1.68. The average Bonchev–Trinajstić information content (AvgIpc) is 2.34. The molecule has 0 aliphatic carbocycles. The molecule has 100 valence electrons. The van der Waals surface area contributed by atoms with Gasteiger partial charge in [-0.3, -0.25) is 9.36 Å². The van der Waals surface area contributed by atoms with Crippen LogP contribution in [0.3, 0.4) is 0 Å². The van der Waals surface area contributed by atoms with Crippen LogP contribution in [0, 0.1) is 12.8 Å². The summed E-state index contributed by atoms with van der Waals surface area (Å²) in [7, 11) is 0. The topological polar surface area (TPSA) is 47.8 Å². The van der Waals surface area contributed by atoms with Crippen LogP contribution in [0.4, 0.5) is 0 Å². The molecular formula is C14H16ClN3O. The Balaban J connectivity index is 2.54. The second-order valence-corrected chi connectivity index (χ2v) is 5.43. The maximum absolute atomic E-state index is 12.4. The lowest BCUT2D eigenvalue weighted by Crippen LogP contribution is -2.23. The fourth-order valence-electron chi connectivity index (χ4n) is 1.88. The van der Waals surface area contributed by atoms with Gasteiger partial charge in [0, 0.05) is 11.8 Å². The van der Waals surface area contributed by atoms with Gasteiger partial charge in [0.2, 0.25) is 0 Å². The van der Waals surface area contributed by atoms with E-state index >= 15 is 0 Å². The molecule has 0 aliphatic heterocycles.